The molecule has 150 valence electrons. The third kappa shape index (κ3) is 3.68. The first-order valence-electron chi connectivity index (χ1n) is 9.80. The van der Waals surface area contributed by atoms with Crippen molar-refractivity contribution in [3.8, 4) is 0 Å². The molecule has 29 heavy (non-hydrogen) atoms. The SMILES string of the molecule is Cc1ccc(C2=C(N3CCN(C)CC3)C(=O)N(Cc3ccccc3F)C2=O)cc1. The third-order valence-electron chi connectivity index (χ3n) is 5.59. The minimum atomic E-state index is -0.418. The Balaban J connectivity index is 1.73. The number of hydrogen-bond acceptors (Lipinski definition) is 4. The second kappa shape index (κ2) is 7.79. The molecule has 2 aliphatic heterocycles. The summed E-state index contributed by atoms with van der Waals surface area (Å²) in [6.07, 6.45) is 0. The van der Waals surface area contributed by atoms with Crippen LogP contribution in [-0.2, 0) is 16.1 Å². The number of rotatable bonds is 4. The number of carbonyl (C=O) groups is 2. The summed E-state index contributed by atoms with van der Waals surface area (Å²) in [5.41, 5.74) is 2.98. The van der Waals surface area contributed by atoms with Crippen molar-refractivity contribution in [2.45, 2.75) is 13.5 Å². The molecule has 2 aliphatic rings. The Bertz CT molecular complexity index is 976. The number of aryl methyl sites for hydroxylation is 1. The van der Waals surface area contributed by atoms with Crippen LogP contribution in [0, 0.1) is 12.7 Å². The molecule has 2 amide bonds. The van der Waals surface area contributed by atoms with E-state index in [0.717, 1.165) is 24.2 Å². The fraction of sp³-hybridized carbons (Fsp3) is 0.304. The maximum Gasteiger partial charge on any atom is 0.278 e. The summed E-state index contributed by atoms with van der Waals surface area (Å²) in [6.45, 7) is 4.89. The summed E-state index contributed by atoms with van der Waals surface area (Å²) < 4.78 is 14.2. The predicted octanol–water partition coefficient (Wildman–Crippen LogP) is 2.66. The number of amides is 2. The average Bonchev–Trinajstić information content (AvgIpc) is 2.96. The van der Waals surface area contributed by atoms with E-state index in [9.17, 15) is 14.0 Å². The van der Waals surface area contributed by atoms with Gasteiger partial charge in [-0.15, -0.1) is 0 Å². The highest BCUT2D eigenvalue weighted by Gasteiger charge is 2.42. The number of halogens is 1. The standard InChI is InChI=1S/C23H24FN3O2/c1-16-7-9-17(10-8-16)20-21(26-13-11-25(2)12-14-26)23(29)27(22(20)28)15-18-5-3-4-6-19(18)24/h3-10H,11-15H2,1-2H3. The molecule has 4 rings (SSSR count). The van der Waals surface area contributed by atoms with E-state index < -0.39 is 5.82 Å². The molecule has 6 heteroatoms. The van der Waals surface area contributed by atoms with E-state index in [1.165, 1.54) is 11.0 Å². The smallest absolute Gasteiger partial charge is 0.278 e. The van der Waals surface area contributed by atoms with Crippen molar-refractivity contribution in [3.63, 3.8) is 0 Å². The van der Waals surface area contributed by atoms with Crippen LogP contribution >= 0.6 is 0 Å². The van der Waals surface area contributed by atoms with Crippen molar-refractivity contribution in [1.82, 2.24) is 14.7 Å². The summed E-state index contributed by atoms with van der Waals surface area (Å²) in [7, 11) is 2.04. The lowest BCUT2D eigenvalue weighted by Gasteiger charge is -2.34. The van der Waals surface area contributed by atoms with Gasteiger partial charge in [0.1, 0.15) is 11.5 Å². The maximum atomic E-state index is 14.2. The van der Waals surface area contributed by atoms with Gasteiger partial charge in [-0.25, -0.2) is 4.39 Å². The molecule has 0 spiro atoms. The zero-order chi connectivity index (χ0) is 20.5. The lowest BCUT2D eigenvalue weighted by Crippen LogP contribution is -2.46. The van der Waals surface area contributed by atoms with Crippen LogP contribution < -0.4 is 0 Å². The molecular formula is C23H24FN3O2. The second-order valence-electron chi connectivity index (χ2n) is 7.67. The topological polar surface area (TPSA) is 43.9 Å². The molecule has 0 N–H and O–H groups in total. The van der Waals surface area contributed by atoms with E-state index in [1.54, 1.807) is 18.2 Å². The van der Waals surface area contributed by atoms with Crippen LogP contribution in [0.3, 0.4) is 0 Å². The molecule has 2 aromatic carbocycles. The number of hydrogen-bond donors (Lipinski definition) is 0. The molecule has 5 nitrogen and oxygen atoms in total. The zero-order valence-corrected chi connectivity index (χ0v) is 16.7. The highest BCUT2D eigenvalue weighted by atomic mass is 19.1. The van der Waals surface area contributed by atoms with Gasteiger partial charge in [0.15, 0.2) is 0 Å². The summed E-state index contributed by atoms with van der Waals surface area (Å²) in [4.78, 5) is 32.0. The summed E-state index contributed by atoms with van der Waals surface area (Å²) in [5, 5.41) is 0. The van der Waals surface area contributed by atoms with Gasteiger partial charge in [0.25, 0.3) is 11.8 Å². The van der Waals surface area contributed by atoms with Crippen LogP contribution in [0.2, 0.25) is 0 Å². The van der Waals surface area contributed by atoms with E-state index in [1.807, 2.05) is 43.1 Å². The Morgan fingerprint density at radius 3 is 2.21 bits per heavy atom. The first-order valence-corrected chi connectivity index (χ1v) is 9.80. The van der Waals surface area contributed by atoms with Crippen molar-refractivity contribution in [2.24, 2.45) is 0 Å². The lowest BCUT2D eigenvalue weighted by atomic mass is 10.0. The number of benzene rings is 2. The zero-order valence-electron chi connectivity index (χ0n) is 16.7. The molecule has 0 saturated carbocycles. The van der Waals surface area contributed by atoms with Crippen LogP contribution in [0.5, 0.6) is 0 Å². The minimum Gasteiger partial charge on any atom is -0.364 e. The number of piperazine rings is 1. The highest BCUT2D eigenvalue weighted by Crippen LogP contribution is 2.33. The Hall–Kier alpha value is -2.99. The van der Waals surface area contributed by atoms with E-state index in [4.69, 9.17) is 0 Å². The van der Waals surface area contributed by atoms with Gasteiger partial charge in [-0.1, -0.05) is 48.0 Å². The van der Waals surface area contributed by atoms with E-state index >= 15 is 0 Å². The first kappa shape index (κ1) is 19.3. The Morgan fingerprint density at radius 2 is 1.55 bits per heavy atom. The second-order valence-corrected chi connectivity index (χ2v) is 7.67. The van der Waals surface area contributed by atoms with Gasteiger partial charge >= 0.3 is 0 Å². The van der Waals surface area contributed by atoms with Crippen LogP contribution in [0.1, 0.15) is 16.7 Å². The van der Waals surface area contributed by atoms with Gasteiger partial charge < -0.3 is 9.80 Å². The van der Waals surface area contributed by atoms with Crippen molar-refractivity contribution in [2.75, 3.05) is 33.2 Å². The molecule has 0 aliphatic carbocycles. The molecule has 0 aromatic heterocycles. The summed E-state index contributed by atoms with van der Waals surface area (Å²) in [5.74, 6) is -1.13. The molecular weight excluding hydrogens is 369 g/mol. The minimum absolute atomic E-state index is 0.0725. The molecule has 1 fully saturated rings. The Morgan fingerprint density at radius 1 is 0.897 bits per heavy atom. The number of nitrogens with zero attached hydrogens (tertiary/aromatic N) is 3. The van der Waals surface area contributed by atoms with Crippen LogP contribution in [0.15, 0.2) is 54.2 Å². The number of carbonyl (C=O) groups excluding carboxylic acids is 2. The quantitative estimate of drug-likeness (QED) is 0.750. The Kier molecular flexibility index (Phi) is 5.20. The highest BCUT2D eigenvalue weighted by molar-refractivity contribution is 6.35. The van der Waals surface area contributed by atoms with Crippen molar-refractivity contribution in [3.05, 3.63) is 76.7 Å². The van der Waals surface area contributed by atoms with Crippen molar-refractivity contribution in [1.29, 1.82) is 0 Å². The maximum absolute atomic E-state index is 14.2. The molecule has 0 radical (unpaired) electrons. The number of imide groups is 1. The fourth-order valence-corrected chi connectivity index (χ4v) is 3.81. The van der Waals surface area contributed by atoms with Gasteiger partial charge in [0.05, 0.1) is 12.1 Å². The largest absolute Gasteiger partial charge is 0.364 e. The third-order valence-corrected chi connectivity index (χ3v) is 5.59. The molecule has 2 aromatic rings. The van der Waals surface area contributed by atoms with E-state index in [-0.39, 0.29) is 18.4 Å². The molecule has 1 saturated heterocycles. The van der Waals surface area contributed by atoms with E-state index in [2.05, 4.69) is 4.90 Å². The molecule has 0 atom stereocenters. The monoisotopic (exact) mass is 393 g/mol. The summed E-state index contributed by atoms with van der Waals surface area (Å²) in [6, 6.07) is 13.9. The first-order chi connectivity index (χ1) is 14.0. The summed E-state index contributed by atoms with van der Waals surface area (Å²) >= 11 is 0. The van der Waals surface area contributed by atoms with Gasteiger partial charge in [-0.05, 0) is 25.6 Å². The van der Waals surface area contributed by atoms with Gasteiger partial charge in [-0.2, -0.15) is 0 Å². The van der Waals surface area contributed by atoms with E-state index in [0.29, 0.717) is 29.9 Å². The Labute approximate surface area is 170 Å². The van der Waals surface area contributed by atoms with Crippen LogP contribution in [-0.4, -0.2) is 59.7 Å². The lowest BCUT2D eigenvalue weighted by molar-refractivity contribution is -0.138. The fourth-order valence-electron chi connectivity index (χ4n) is 3.81. The van der Waals surface area contributed by atoms with Gasteiger partial charge in [0.2, 0.25) is 0 Å². The molecule has 0 unspecified atom stereocenters. The normalized spacial score (nSPS) is 18.2. The van der Waals surface area contributed by atoms with Gasteiger partial charge in [0, 0.05) is 31.7 Å². The van der Waals surface area contributed by atoms with Crippen molar-refractivity contribution >= 4 is 17.4 Å². The van der Waals surface area contributed by atoms with Crippen molar-refractivity contribution < 1.29 is 14.0 Å². The molecule has 2 heterocycles. The van der Waals surface area contributed by atoms with Crippen LogP contribution in [0.25, 0.3) is 5.57 Å². The van der Waals surface area contributed by atoms with Crippen LogP contribution in [0.4, 0.5) is 4.39 Å². The average molecular weight is 393 g/mol. The predicted molar refractivity (Wildman–Crippen MR) is 109 cm³/mol. The van der Waals surface area contributed by atoms with Gasteiger partial charge in [-0.3, -0.25) is 14.5 Å². The molecule has 0 bridgehead atoms. The number of likely N-dealkylation sites (N-methyl/N-ethyl adjacent to an activating group) is 1.